The molecule has 0 aliphatic carbocycles. The maximum atomic E-state index is 15.0. The number of hydrogen-bond donors (Lipinski definition) is 0. The molecule has 0 aliphatic rings. The van der Waals surface area contributed by atoms with Crippen LogP contribution in [0.3, 0.4) is 0 Å². The zero-order valence-electron chi connectivity index (χ0n) is 15.4. The van der Waals surface area contributed by atoms with E-state index in [0.717, 1.165) is 14.2 Å². The number of esters is 4. The molecule has 1 aromatic rings. The first-order valence-corrected chi connectivity index (χ1v) is 7.87. The highest BCUT2D eigenvalue weighted by atomic mass is 19.2. The van der Waals surface area contributed by atoms with Crippen molar-refractivity contribution >= 4 is 23.9 Å². The molecular formula is C17H17F3O8. The fourth-order valence-corrected chi connectivity index (χ4v) is 2.30. The van der Waals surface area contributed by atoms with Crippen LogP contribution >= 0.6 is 0 Å². The zero-order chi connectivity index (χ0) is 21.6. The van der Waals surface area contributed by atoms with Gasteiger partial charge in [0.1, 0.15) is 16.9 Å². The van der Waals surface area contributed by atoms with Crippen molar-refractivity contribution in [3.05, 3.63) is 34.1 Å². The molecule has 0 atom stereocenters. The van der Waals surface area contributed by atoms with Crippen molar-refractivity contribution in [1.29, 1.82) is 0 Å². The first kappa shape index (κ1) is 22.9. The third kappa shape index (κ3) is 4.24. The van der Waals surface area contributed by atoms with Crippen molar-refractivity contribution in [2.24, 2.45) is 0 Å². The minimum absolute atomic E-state index is 0.273. The number of methoxy groups -OCH3 is 2. The minimum atomic E-state index is -2.38. The van der Waals surface area contributed by atoms with E-state index in [0.29, 0.717) is 0 Å². The standard InChI is InChI=1S/C17H17F3O8/c1-5-27-16(23)10(17(24)28-6-2)7-11(18)8(14(21)25-3)9(15(22)26-4)13(20)12(7)19/h10H,5-6H2,1-4H3. The second-order valence-electron chi connectivity index (χ2n) is 5.03. The molecule has 0 aromatic heterocycles. The van der Waals surface area contributed by atoms with Gasteiger partial charge in [0, 0.05) is 0 Å². The number of hydrogen-bond acceptors (Lipinski definition) is 8. The lowest BCUT2D eigenvalue weighted by atomic mass is 9.92. The highest BCUT2D eigenvalue weighted by Gasteiger charge is 2.42. The predicted molar refractivity (Wildman–Crippen MR) is 85.0 cm³/mol. The van der Waals surface area contributed by atoms with E-state index < -0.39 is 63.9 Å². The molecule has 1 aromatic carbocycles. The molecule has 0 saturated heterocycles. The Morgan fingerprint density at radius 2 is 1.14 bits per heavy atom. The summed E-state index contributed by atoms with van der Waals surface area (Å²) in [5.41, 5.74) is -4.19. The molecule has 0 amide bonds. The zero-order valence-corrected chi connectivity index (χ0v) is 15.4. The van der Waals surface area contributed by atoms with Gasteiger partial charge in [-0.3, -0.25) is 9.59 Å². The van der Waals surface area contributed by atoms with Crippen LogP contribution in [0, 0.1) is 17.5 Å². The fourth-order valence-electron chi connectivity index (χ4n) is 2.30. The van der Waals surface area contributed by atoms with E-state index >= 15 is 4.39 Å². The molecule has 0 unspecified atom stereocenters. The summed E-state index contributed by atoms with van der Waals surface area (Å²) < 4.78 is 61.9. The number of ether oxygens (including phenoxy) is 4. The summed E-state index contributed by atoms with van der Waals surface area (Å²) in [6, 6.07) is 0. The number of rotatable bonds is 7. The minimum Gasteiger partial charge on any atom is -0.465 e. The van der Waals surface area contributed by atoms with E-state index in [1.165, 1.54) is 13.8 Å². The first-order chi connectivity index (χ1) is 13.2. The van der Waals surface area contributed by atoms with E-state index in [-0.39, 0.29) is 13.2 Å². The van der Waals surface area contributed by atoms with Gasteiger partial charge in [-0.1, -0.05) is 0 Å². The smallest absolute Gasteiger partial charge is 0.341 e. The average Bonchev–Trinajstić information content (AvgIpc) is 2.66. The van der Waals surface area contributed by atoms with E-state index in [1.54, 1.807) is 0 Å². The molecule has 11 heteroatoms. The summed E-state index contributed by atoms with van der Waals surface area (Å²) in [7, 11) is 1.57. The molecule has 28 heavy (non-hydrogen) atoms. The van der Waals surface area contributed by atoms with Gasteiger partial charge in [0.15, 0.2) is 17.6 Å². The molecule has 0 bridgehead atoms. The summed E-state index contributed by atoms with van der Waals surface area (Å²) in [6.07, 6.45) is 0. The Kier molecular flexibility index (Phi) is 7.96. The van der Waals surface area contributed by atoms with Gasteiger partial charge in [-0.25, -0.2) is 22.8 Å². The SMILES string of the molecule is CCOC(=O)C(C(=O)OCC)c1c(F)c(F)c(C(=O)OC)c(C(=O)OC)c1F. The maximum absolute atomic E-state index is 15.0. The summed E-state index contributed by atoms with van der Waals surface area (Å²) in [5, 5.41) is 0. The van der Waals surface area contributed by atoms with Gasteiger partial charge in [-0.15, -0.1) is 0 Å². The van der Waals surface area contributed by atoms with Crippen LogP contribution in [0.4, 0.5) is 13.2 Å². The summed E-state index contributed by atoms with van der Waals surface area (Å²) in [6.45, 7) is 2.16. The van der Waals surface area contributed by atoms with Crippen LogP contribution in [0.25, 0.3) is 0 Å². The molecule has 0 aliphatic heterocycles. The third-order valence-electron chi connectivity index (χ3n) is 3.47. The van der Waals surface area contributed by atoms with Crippen LogP contribution in [-0.4, -0.2) is 51.3 Å². The van der Waals surface area contributed by atoms with Gasteiger partial charge < -0.3 is 18.9 Å². The Labute approximate surface area is 157 Å². The summed E-state index contributed by atoms with van der Waals surface area (Å²) in [5.74, 6) is -14.4. The van der Waals surface area contributed by atoms with Crippen LogP contribution < -0.4 is 0 Å². The fraction of sp³-hybridized carbons (Fsp3) is 0.412. The molecule has 0 heterocycles. The molecule has 8 nitrogen and oxygen atoms in total. The Balaban J connectivity index is 3.93. The third-order valence-corrected chi connectivity index (χ3v) is 3.47. The highest BCUT2D eigenvalue weighted by Crippen LogP contribution is 2.33. The molecule has 0 radical (unpaired) electrons. The van der Waals surface area contributed by atoms with Gasteiger partial charge in [-0.05, 0) is 13.8 Å². The Morgan fingerprint density at radius 1 is 0.750 bits per heavy atom. The van der Waals surface area contributed by atoms with E-state index in [2.05, 4.69) is 18.9 Å². The van der Waals surface area contributed by atoms with Crippen molar-refractivity contribution in [3.8, 4) is 0 Å². The highest BCUT2D eigenvalue weighted by molar-refractivity contribution is 6.06. The second-order valence-corrected chi connectivity index (χ2v) is 5.03. The van der Waals surface area contributed by atoms with E-state index in [1.807, 2.05) is 0 Å². The Morgan fingerprint density at radius 3 is 1.50 bits per heavy atom. The van der Waals surface area contributed by atoms with Gasteiger partial charge in [0.05, 0.1) is 33.0 Å². The number of carbonyl (C=O) groups is 4. The number of benzene rings is 1. The Bertz CT molecular complexity index is 788. The quantitative estimate of drug-likeness (QED) is 0.293. The summed E-state index contributed by atoms with van der Waals surface area (Å²) in [4.78, 5) is 47.9. The van der Waals surface area contributed by atoms with Crippen LogP contribution in [0.2, 0.25) is 0 Å². The molecule has 154 valence electrons. The van der Waals surface area contributed by atoms with Gasteiger partial charge in [-0.2, -0.15) is 0 Å². The number of halogens is 3. The van der Waals surface area contributed by atoms with E-state index in [4.69, 9.17) is 0 Å². The Hall–Kier alpha value is -3.11. The van der Waals surface area contributed by atoms with Gasteiger partial charge in [0.25, 0.3) is 0 Å². The van der Waals surface area contributed by atoms with Crippen molar-refractivity contribution in [2.45, 2.75) is 19.8 Å². The monoisotopic (exact) mass is 406 g/mol. The second kappa shape index (κ2) is 9.72. The van der Waals surface area contributed by atoms with Crippen LogP contribution in [-0.2, 0) is 28.5 Å². The molecule has 0 saturated carbocycles. The average molecular weight is 406 g/mol. The van der Waals surface area contributed by atoms with E-state index in [9.17, 15) is 28.0 Å². The lowest BCUT2D eigenvalue weighted by Crippen LogP contribution is -2.30. The van der Waals surface area contributed by atoms with Gasteiger partial charge in [0.2, 0.25) is 0 Å². The first-order valence-electron chi connectivity index (χ1n) is 7.87. The van der Waals surface area contributed by atoms with Crippen molar-refractivity contribution in [3.63, 3.8) is 0 Å². The normalized spacial score (nSPS) is 10.4. The van der Waals surface area contributed by atoms with Crippen LogP contribution in [0.15, 0.2) is 0 Å². The van der Waals surface area contributed by atoms with Crippen LogP contribution in [0.1, 0.15) is 46.0 Å². The lowest BCUT2D eigenvalue weighted by molar-refractivity contribution is -0.157. The van der Waals surface area contributed by atoms with Gasteiger partial charge >= 0.3 is 23.9 Å². The van der Waals surface area contributed by atoms with Crippen molar-refractivity contribution in [2.75, 3.05) is 27.4 Å². The van der Waals surface area contributed by atoms with Crippen molar-refractivity contribution in [1.82, 2.24) is 0 Å². The maximum Gasteiger partial charge on any atom is 0.341 e. The predicted octanol–water partition coefficient (Wildman–Crippen LogP) is 1.89. The molecule has 0 N–H and O–H groups in total. The lowest BCUT2D eigenvalue weighted by Gasteiger charge is -2.19. The summed E-state index contributed by atoms with van der Waals surface area (Å²) >= 11 is 0. The van der Waals surface area contributed by atoms with Crippen molar-refractivity contribution < 1.29 is 51.3 Å². The largest absolute Gasteiger partial charge is 0.465 e. The topological polar surface area (TPSA) is 105 Å². The molecule has 1 rings (SSSR count). The molecule has 0 fully saturated rings. The van der Waals surface area contributed by atoms with Crippen LogP contribution in [0.5, 0.6) is 0 Å². The number of carbonyl (C=O) groups excluding carboxylic acids is 4. The molecular weight excluding hydrogens is 389 g/mol. The molecule has 0 spiro atoms.